The summed E-state index contributed by atoms with van der Waals surface area (Å²) < 4.78 is 5.97. The van der Waals surface area contributed by atoms with Crippen LogP contribution < -0.4 is 0 Å². The monoisotopic (exact) mass is 641 g/mol. The molecule has 0 aliphatic carbocycles. The lowest BCUT2D eigenvalue weighted by molar-refractivity contribution is -0.150. The van der Waals surface area contributed by atoms with Gasteiger partial charge in [0.05, 0.1) is 0 Å². The van der Waals surface area contributed by atoms with Crippen LogP contribution in [0.1, 0.15) is 187 Å². The van der Waals surface area contributed by atoms with Crippen LogP contribution in [0.15, 0.2) is 60.8 Å². The third-order valence-corrected chi connectivity index (χ3v) is 8.25. The Labute approximate surface area is 284 Å². The number of hydrogen-bond donors (Lipinski definition) is 1. The number of carbonyl (C=O) groups excluding carboxylic acids is 1. The summed E-state index contributed by atoms with van der Waals surface area (Å²) in [5.41, 5.74) is 0. The average molecular weight is 641 g/mol. The number of unbranched alkanes of at least 4 members (excludes halogenated alkanes) is 15. The van der Waals surface area contributed by atoms with Crippen LogP contribution in [0.4, 0.5) is 0 Å². The van der Waals surface area contributed by atoms with Crippen LogP contribution in [0.2, 0.25) is 0 Å². The maximum atomic E-state index is 12.6. The first-order valence-corrected chi connectivity index (χ1v) is 19.3. The van der Waals surface area contributed by atoms with Crippen molar-refractivity contribution in [1.29, 1.82) is 0 Å². The zero-order valence-corrected chi connectivity index (χ0v) is 30.1. The van der Waals surface area contributed by atoms with E-state index in [0.29, 0.717) is 6.42 Å². The molecule has 4 heteroatoms. The number of allylic oxidation sites excluding steroid dienone is 10. The highest BCUT2D eigenvalue weighted by Crippen LogP contribution is 2.18. The zero-order chi connectivity index (χ0) is 33.6. The molecule has 0 aromatic carbocycles. The van der Waals surface area contributed by atoms with Crippen molar-refractivity contribution in [1.82, 2.24) is 0 Å². The molecule has 1 N–H and O–H groups in total. The van der Waals surface area contributed by atoms with E-state index >= 15 is 0 Å². The van der Waals surface area contributed by atoms with Crippen LogP contribution in [0.5, 0.6) is 0 Å². The molecule has 0 amide bonds. The number of rotatable bonds is 34. The molecule has 0 saturated heterocycles. The first kappa shape index (κ1) is 43.6. The summed E-state index contributed by atoms with van der Waals surface area (Å²) in [6, 6.07) is 0. The molecule has 0 rings (SSSR count). The van der Waals surface area contributed by atoms with Gasteiger partial charge in [0.2, 0.25) is 0 Å². The summed E-state index contributed by atoms with van der Waals surface area (Å²) in [4.78, 5) is 23.2. The van der Waals surface area contributed by atoms with Gasteiger partial charge in [-0.25, -0.2) is 0 Å². The first-order chi connectivity index (χ1) is 22.6. The molecule has 0 saturated carbocycles. The van der Waals surface area contributed by atoms with Crippen molar-refractivity contribution in [3.8, 4) is 0 Å². The summed E-state index contributed by atoms with van der Waals surface area (Å²) in [7, 11) is 0. The van der Waals surface area contributed by atoms with Crippen molar-refractivity contribution in [2.75, 3.05) is 0 Å². The maximum absolute atomic E-state index is 12.6. The lowest BCUT2D eigenvalue weighted by Crippen LogP contribution is -2.18. The highest BCUT2D eigenvalue weighted by atomic mass is 16.5. The van der Waals surface area contributed by atoms with Gasteiger partial charge in [0.1, 0.15) is 6.10 Å². The zero-order valence-electron chi connectivity index (χ0n) is 30.1. The van der Waals surface area contributed by atoms with Crippen molar-refractivity contribution in [3.63, 3.8) is 0 Å². The van der Waals surface area contributed by atoms with E-state index in [1.807, 2.05) is 0 Å². The van der Waals surface area contributed by atoms with Crippen molar-refractivity contribution in [2.24, 2.45) is 0 Å². The lowest BCUT2D eigenvalue weighted by atomic mass is 10.0. The molecule has 1 unspecified atom stereocenters. The normalized spacial score (nSPS) is 12.9. The lowest BCUT2D eigenvalue weighted by Gasteiger charge is -2.18. The molecule has 0 aliphatic rings. The van der Waals surface area contributed by atoms with E-state index < -0.39 is 5.97 Å². The number of carboxylic acids is 1. The molecule has 0 aliphatic heterocycles. The molecular weight excluding hydrogens is 568 g/mol. The third kappa shape index (κ3) is 36.1. The summed E-state index contributed by atoms with van der Waals surface area (Å²) in [6.07, 6.45) is 51.1. The SMILES string of the molecule is CC/C=C\C/C=C\C/C=C\C/C=C\C/C=C\CCCCCCCC(=O)OC(CCCCCCC)CCCCCCCCCC(=O)O. The first-order valence-electron chi connectivity index (χ1n) is 19.3. The minimum absolute atomic E-state index is 0.00392. The number of esters is 1. The Morgan fingerprint density at radius 3 is 1.41 bits per heavy atom. The summed E-state index contributed by atoms with van der Waals surface area (Å²) in [5, 5.41) is 8.73. The van der Waals surface area contributed by atoms with Gasteiger partial charge in [0, 0.05) is 12.8 Å². The standard InChI is InChI=1S/C42H72O4/c1-3-5-7-9-10-11-12-13-14-15-16-17-18-19-20-21-22-23-27-31-35-39-42(45)46-40(36-32-28-8-6-4-2)37-33-29-25-24-26-30-34-38-41(43)44/h5,7,10-11,13-14,16-17,19-20,40H,3-4,6,8-9,12,15,18,21-39H2,1-2H3,(H,43,44)/b7-5-,11-10-,14-13-,17-16-,20-19-. The number of carboxylic acid groups (broad SMARTS) is 1. The second-order valence-corrected chi connectivity index (χ2v) is 12.7. The van der Waals surface area contributed by atoms with E-state index in [0.717, 1.165) is 96.3 Å². The Morgan fingerprint density at radius 1 is 0.500 bits per heavy atom. The average Bonchev–Trinajstić information content (AvgIpc) is 3.04. The highest BCUT2D eigenvalue weighted by Gasteiger charge is 2.14. The molecule has 0 heterocycles. The number of carbonyl (C=O) groups is 2. The predicted molar refractivity (Wildman–Crippen MR) is 199 cm³/mol. The van der Waals surface area contributed by atoms with E-state index in [-0.39, 0.29) is 18.5 Å². The van der Waals surface area contributed by atoms with Gasteiger partial charge in [0.25, 0.3) is 0 Å². The van der Waals surface area contributed by atoms with Crippen molar-refractivity contribution in [3.05, 3.63) is 60.8 Å². The highest BCUT2D eigenvalue weighted by molar-refractivity contribution is 5.69. The smallest absolute Gasteiger partial charge is 0.306 e. The quantitative estimate of drug-likeness (QED) is 0.0432. The Kier molecular flexibility index (Phi) is 35.2. The van der Waals surface area contributed by atoms with E-state index in [1.165, 1.54) is 64.2 Å². The van der Waals surface area contributed by atoms with Gasteiger partial charge in [-0.3, -0.25) is 9.59 Å². The second-order valence-electron chi connectivity index (χ2n) is 12.7. The Morgan fingerprint density at radius 2 is 0.913 bits per heavy atom. The van der Waals surface area contributed by atoms with Gasteiger partial charge in [-0.1, -0.05) is 152 Å². The van der Waals surface area contributed by atoms with Gasteiger partial charge < -0.3 is 9.84 Å². The van der Waals surface area contributed by atoms with E-state index in [9.17, 15) is 9.59 Å². The van der Waals surface area contributed by atoms with Crippen LogP contribution >= 0.6 is 0 Å². The minimum Gasteiger partial charge on any atom is -0.481 e. The molecule has 0 bridgehead atoms. The largest absolute Gasteiger partial charge is 0.481 e. The van der Waals surface area contributed by atoms with E-state index in [2.05, 4.69) is 74.6 Å². The Bertz CT molecular complexity index is 820. The predicted octanol–water partition coefficient (Wildman–Crippen LogP) is 13.3. The maximum Gasteiger partial charge on any atom is 0.306 e. The Hall–Kier alpha value is -2.36. The Balaban J connectivity index is 3.91. The van der Waals surface area contributed by atoms with Gasteiger partial charge in [-0.05, 0) is 83.5 Å². The fraction of sp³-hybridized carbons (Fsp3) is 0.714. The summed E-state index contributed by atoms with van der Waals surface area (Å²) >= 11 is 0. The molecule has 0 fully saturated rings. The van der Waals surface area contributed by atoms with Gasteiger partial charge in [-0.15, -0.1) is 0 Å². The van der Waals surface area contributed by atoms with E-state index in [4.69, 9.17) is 9.84 Å². The third-order valence-electron chi connectivity index (χ3n) is 8.25. The molecule has 0 aromatic rings. The van der Waals surface area contributed by atoms with Crippen LogP contribution in [0.3, 0.4) is 0 Å². The van der Waals surface area contributed by atoms with E-state index in [1.54, 1.807) is 0 Å². The van der Waals surface area contributed by atoms with Crippen LogP contribution in [-0.4, -0.2) is 23.1 Å². The van der Waals surface area contributed by atoms with Crippen molar-refractivity contribution >= 4 is 11.9 Å². The van der Waals surface area contributed by atoms with Crippen LogP contribution in [-0.2, 0) is 14.3 Å². The van der Waals surface area contributed by atoms with Crippen molar-refractivity contribution in [2.45, 2.75) is 193 Å². The van der Waals surface area contributed by atoms with Crippen molar-refractivity contribution < 1.29 is 19.4 Å². The van der Waals surface area contributed by atoms with Crippen LogP contribution in [0.25, 0.3) is 0 Å². The summed E-state index contributed by atoms with van der Waals surface area (Å²) in [6.45, 7) is 4.40. The van der Waals surface area contributed by atoms with Gasteiger partial charge >= 0.3 is 11.9 Å². The molecule has 1 atom stereocenters. The number of aliphatic carboxylic acids is 1. The molecule has 0 aromatic heterocycles. The number of hydrogen-bond acceptors (Lipinski definition) is 3. The van der Waals surface area contributed by atoms with Gasteiger partial charge in [0.15, 0.2) is 0 Å². The van der Waals surface area contributed by atoms with Crippen LogP contribution in [0, 0.1) is 0 Å². The summed E-state index contributed by atoms with van der Waals surface area (Å²) in [5.74, 6) is -0.695. The molecular formula is C42H72O4. The molecule has 4 nitrogen and oxygen atoms in total. The molecule has 0 spiro atoms. The fourth-order valence-corrected chi connectivity index (χ4v) is 5.45. The topological polar surface area (TPSA) is 63.6 Å². The molecule has 264 valence electrons. The second kappa shape index (κ2) is 37.1. The fourth-order valence-electron chi connectivity index (χ4n) is 5.45. The minimum atomic E-state index is -0.691. The van der Waals surface area contributed by atoms with Gasteiger partial charge in [-0.2, -0.15) is 0 Å². The molecule has 0 radical (unpaired) electrons. The molecule has 46 heavy (non-hydrogen) atoms. The number of ether oxygens (including phenoxy) is 1.